The number of aromatic hydroxyl groups is 1. The van der Waals surface area contributed by atoms with Crippen LogP contribution < -0.4 is 5.32 Å². The van der Waals surface area contributed by atoms with Crippen LogP contribution >= 0.6 is 0 Å². The largest absolute Gasteiger partial charge is 0.508 e. The molecule has 5 N–H and O–H groups in total. The van der Waals surface area contributed by atoms with Gasteiger partial charge in [-0.05, 0) is 38.4 Å². The lowest BCUT2D eigenvalue weighted by atomic mass is 10.2. The van der Waals surface area contributed by atoms with E-state index in [9.17, 15) is 13.2 Å². The molecule has 0 bridgehead atoms. The van der Waals surface area contributed by atoms with Crippen LogP contribution in [0.5, 0.6) is 5.75 Å². The molecule has 9 heteroatoms. The number of aliphatic hydroxyl groups is 1. The number of nitrogens with one attached hydrogen (secondary N) is 1. The van der Waals surface area contributed by atoms with Crippen molar-refractivity contribution in [2.45, 2.75) is 32.7 Å². The van der Waals surface area contributed by atoms with Crippen molar-refractivity contribution in [3.8, 4) is 5.75 Å². The molecule has 2 rings (SSSR count). The number of rotatable bonds is 7. The molecular formula is C21H33NO7S. The fourth-order valence-corrected chi connectivity index (χ4v) is 1.57. The molecule has 0 saturated heterocycles. The van der Waals surface area contributed by atoms with E-state index >= 15 is 0 Å². The molecule has 0 spiro atoms. The van der Waals surface area contributed by atoms with Crippen molar-refractivity contribution in [1.82, 2.24) is 5.32 Å². The third-order valence-corrected chi connectivity index (χ3v) is 3.87. The van der Waals surface area contributed by atoms with Gasteiger partial charge in [-0.2, -0.15) is 8.42 Å². The third kappa shape index (κ3) is 23.6. The summed E-state index contributed by atoms with van der Waals surface area (Å²) in [5.74, 6) is -0.775. The molecule has 0 heterocycles. The van der Waals surface area contributed by atoms with Crippen molar-refractivity contribution < 1.29 is 33.1 Å². The lowest BCUT2D eigenvalue weighted by Crippen LogP contribution is -2.37. The van der Waals surface area contributed by atoms with E-state index in [1.807, 2.05) is 49.4 Å². The highest BCUT2D eigenvalue weighted by Crippen LogP contribution is 2.02. The maximum absolute atomic E-state index is 10.4. The van der Waals surface area contributed by atoms with E-state index < -0.39 is 22.1 Å². The molecule has 2 aromatic rings. The summed E-state index contributed by atoms with van der Waals surface area (Å²) >= 11 is 0. The number of phenolic OH excluding ortho intramolecular Hbond substituents is 1. The molecule has 0 amide bonds. The second-order valence-corrected chi connectivity index (χ2v) is 7.46. The fourth-order valence-electron chi connectivity index (χ4n) is 1.57. The van der Waals surface area contributed by atoms with Gasteiger partial charge in [-0.25, -0.2) is 0 Å². The van der Waals surface area contributed by atoms with Gasteiger partial charge < -0.3 is 20.6 Å². The summed E-state index contributed by atoms with van der Waals surface area (Å²) in [6.07, 6.45) is 1.17. The van der Waals surface area contributed by atoms with Gasteiger partial charge in [-0.3, -0.25) is 9.35 Å². The maximum atomic E-state index is 10.4. The van der Waals surface area contributed by atoms with Gasteiger partial charge in [-0.1, -0.05) is 61.5 Å². The number of para-hydroxylation sites is 1. The van der Waals surface area contributed by atoms with Crippen LogP contribution in [-0.4, -0.2) is 59.2 Å². The van der Waals surface area contributed by atoms with E-state index in [0.29, 0.717) is 12.3 Å². The molecule has 0 aliphatic heterocycles. The minimum absolute atomic E-state index is 0.0896. The highest BCUT2D eigenvalue weighted by molar-refractivity contribution is 7.85. The van der Waals surface area contributed by atoms with Crippen LogP contribution in [0.3, 0.4) is 0 Å². The molecule has 0 aromatic heterocycles. The minimum Gasteiger partial charge on any atom is -0.508 e. The second-order valence-electron chi connectivity index (χ2n) is 5.72. The van der Waals surface area contributed by atoms with E-state index in [4.69, 9.17) is 19.9 Å². The fraction of sp³-hybridized carbons (Fsp3) is 0.381. The Labute approximate surface area is 179 Å². The minimum atomic E-state index is -3.66. The Hall–Kier alpha value is -2.46. The van der Waals surface area contributed by atoms with Gasteiger partial charge in [0, 0.05) is 6.61 Å². The van der Waals surface area contributed by atoms with E-state index in [1.165, 1.54) is 6.92 Å². The van der Waals surface area contributed by atoms with Crippen molar-refractivity contribution in [3.05, 3.63) is 66.7 Å². The molecule has 30 heavy (non-hydrogen) atoms. The number of benzene rings is 2. The predicted molar refractivity (Wildman–Crippen MR) is 118 cm³/mol. The summed E-state index contributed by atoms with van der Waals surface area (Å²) < 4.78 is 26.9. The highest BCUT2D eigenvalue weighted by Gasteiger charge is 2.14. The van der Waals surface area contributed by atoms with Crippen molar-refractivity contribution in [1.29, 1.82) is 0 Å². The standard InChI is InChI=1S/C7H15NO3.C6H6O.C6H6.C2H6O3S/c1-2-4-8-6(3-5-9)7(10)11;7-6-4-2-1-3-5-6;1-2-4-6-5-3-1;1-2-6(3,4)5/h6,8-9H,2-5H2,1H3,(H,10,11);1-5,7H;1-6H;2H2,1H3,(H,3,4,5). The normalized spacial score (nSPS) is 10.7. The predicted octanol–water partition coefficient (Wildman–Crippen LogP) is 2.79. The van der Waals surface area contributed by atoms with Gasteiger partial charge in [0.05, 0.1) is 5.75 Å². The first-order chi connectivity index (χ1) is 14.2. The lowest BCUT2D eigenvalue weighted by molar-refractivity contribution is -0.139. The molecule has 1 unspecified atom stereocenters. The van der Waals surface area contributed by atoms with Gasteiger partial charge in [0.25, 0.3) is 10.1 Å². The van der Waals surface area contributed by atoms with E-state index in [2.05, 4.69) is 5.32 Å². The number of carbonyl (C=O) groups is 1. The maximum Gasteiger partial charge on any atom is 0.320 e. The number of aliphatic hydroxyl groups excluding tert-OH is 1. The SMILES string of the molecule is CCCNC(CCO)C(=O)O.CCS(=O)(=O)O.Oc1ccccc1.c1ccccc1. The summed E-state index contributed by atoms with van der Waals surface area (Å²) in [5.41, 5.74) is 0. The smallest absolute Gasteiger partial charge is 0.320 e. The van der Waals surface area contributed by atoms with Crippen LogP contribution in [0.4, 0.5) is 0 Å². The monoisotopic (exact) mass is 443 g/mol. The zero-order valence-electron chi connectivity index (χ0n) is 17.4. The van der Waals surface area contributed by atoms with Gasteiger partial charge in [-0.15, -0.1) is 0 Å². The molecule has 0 radical (unpaired) electrons. The number of hydrogen-bond donors (Lipinski definition) is 5. The summed E-state index contributed by atoms with van der Waals surface area (Å²) in [7, 11) is -3.66. The molecule has 0 saturated carbocycles. The summed E-state index contributed by atoms with van der Waals surface area (Å²) in [6.45, 7) is 3.92. The van der Waals surface area contributed by atoms with E-state index in [0.717, 1.165) is 6.42 Å². The topological polar surface area (TPSA) is 144 Å². The Morgan fingerprint density at radius 3 is 1.60 bits per heavy atom. The van der Waals surface area contributed by atoms with E-state index in [-0.39, 0.29) is 18.8 Å². The second kappa shape index (κ2) is 19.8. The van der Waals surface area contributed by atoms with Crippen LogP contribution in [0.2, 0.25) is 0 Å². The number of phenols is 1. The van der Waals surface area contributed by atoms with Gasteiger partial charge in [0.15, 0.2) is 0 Å². The Morgan fingerprint density at radius 2 is 1.37 bits per heavy atom. The Bertz CT molecular complexity index is 699. The molecule has 8 nitrogen and oxygen atoms in total. The van der Waals surface area contributed by atoms with Crippen LogP contribution in [0.25, 0.3) is 0 Å². The number of aliphatic carboxylic acids is 1. The molecule has 170 valence electrons. The molecule has 0 aliphatic rings. The lowest BCUT2D eigenvalue weighted by Gasteiger charge is -2.11. The summed E-state index contributed by atoms with van der Waals surface area (Å²) in [4.78, 5) is 10.4. The first-order valence-corrected chi connectivity index (χ1v) is 11.0. The first-order valence-electron chi connectivity index (χ1n) is 9.44. The van der Waals surface area contributed by atoms with Crippen LogP contribution in [0.15, 0.2) is 66.7 Å². The quantitative estimate of drug-likeness (QED) is 0.411. The van der Waals surface area contributed by atoms with Crippen molar-refractivity contribution in [2.24, 2.45) is 0 Å². The zero-order valence-corrected chi connectivity index (χ0v) is 18.2. The molecule has 1 atom stereocenters. The van der Waals surface area contributed by atoms with Crippen molar-refractivity contribution in [2.75, 3.05) is 18.9 Å². The number of carboxylic acids is 1. The highest BCUT2D eigenvalue weighted by atomic mass is 32.2. The summed E-state index contributed by atoms with van der Waals surface area (Å²) in [6, 6.07) is 20.1. The molecule has 0 fully saturated rings. The molecule has 0 aliphatic carbocycles. The van der Waals surface area contributed by atoms with Gasteiger partial charge in [0.1, 0.15) is 11.8 Å². The molecule has 2 aromatic carbocycles. The average Bonchev–Trinajstić information content (AvgIpc) is 2.73. The number of carboxylic acid groups (broad SMARTS) is 1. The Morgan fingerprint density at radius 1 is 0.967 bits per heavy atom. The summed E-state index contributed by atoms with van der Waals surface area (Å²) in [5, 5.41) is 28.5. The third-order valence-electron chi connectivity index (χ3n) is 3.14. The average molecular weight is 444 g/mol. The zero-order chi connectivity index (χ0) is 23.3. The van der Waals surface area contributed by atoms with Crippen LogP contribution in [0.1, 0.15) is 26.7 Å². The van der Waals surface area contributed by atoms with Crippen molar-refractivity contribution in [3.63, 3.8) is 0 Å². The number of hydrogen-bond acceptors (Lipinski definition) is 6. The Balaban J connectivity index is 0. The first kappa shape index (κ1) is 29.7. The van der Waals surface area contributed by atoms with E-state index in [1.54, 1.807) is 24.3 Å². The molecular weight excluding hydrogens is 410 g/mol. The Kier molecular flexibility index (Phi) is 19.7. The van der Waals surface area contributed by atoms with Gasteiger partial charge >= 0.3 is 5.97 Å². The van der Waals surface area contributed by atoms with Gasteiger partial charge in [0.2, 0.25) is 0 Å². The van der Waals surface area contributed by atoms with Crippen LogP contribution in [-0.2, 0) is 14.9 Å². The van der Waals surface area contributed by atoms with Crippen molar-refractivity contribution >= 4 is 16.1 Å². The van der Waals surface area contributed by atoms with Crippen LogP contribution in [0, 0.1) is 0 Å².